The molecular weight excluding hydrogens is 308 g/mol. The molecule has 4 nitrogen and oxygen atoms in total. The van der Waals surface area contributed by atoms with Crippen molar-refractivity contribution in [3.8, 4) is 11.1 Å². The minimum Gasteiger partial charge on any atom is -0.383 e. The van der Waals surface area contributed by atoms with Gasteiger partial charge in [0.1, 0.15) is 11.6 Å². The van der Waals surface area contributed by atoms with Gasteiger partial charge in [0.15, 0.2) is 0 Å². The molecule has 1 atom stereocenters. The second kappa shape index (κ2) is 6.65. The molecule has 2 heterocycles. The molecule has 1 aliphatic heterocycles. The van der Waals surface area contributed by atoms with Crippen molar-refractivity contribution in [3.05, 3.63) is 77.2 Å². The Labute approximate surface area is 148 Å². The fourth-order valence-corrected chi connectivity index (χ4v) is 3.54. The summed E-state index contributed by atoms with van der Waals surface area (Å²) in [5.41, 5.74) is 12.4. The maximum Gasteiger partial charge on any atom is 0.130 e. The number of nitrogens with one attached hydrogen (secondary N) is 1. The van der Waals surface area contributed by atoms with Crippen molar-refractivity contribution in [2.75, 3.05) is 12.3 Å². The normalized spacial score (nSPS) is 16.4. The standard InChI is InChI=1S/C21H22N4/c1-14-24-13-18(21(22)25-14)12-20-19-8-7-16(11-17(19)9-10-23-20)15-5-3-2-4-6-15/h2-8,11,13,20,23H,9-10,12H2,1H3,(H2,22,24,25). The highest BCUT2D eigenvalue weighted by molar-refractivity contribution is 5.65. The molecule has 1 aliphatic rings. The number of nitrogens with two attached hydrogens (primary N) is 1. The van der Waals surface area contributed by atoms with E-state index in [4.69, 9.17) is 5.73 Å². The molecule has 0 saturated carbocycles. The van der Waals surface area contributed by atoms with Crippen LogP contribution >= 0.6 is 0 Å². The van der Waals surface area contributed by atoms with Crippen LogP contribution in [0.5, 0.6) is 0 Å². The molecule has 0 aliphatic carbocycles. The van der Waals surface area contributed by atoms with Crippen LogP contribution in [0.25, 0.3) is 11.1 Å². The van der Waals surface area contributed by atoms with Crippen molar-refractivity contribution in [3.63, 3.8) is 0 Å². The summed E-state index contributed by atoms with van der Waals surface area (Å²) >= 11 is 0. The summed E-state index contributed by atoms with van der Waals surface area (Å²) in [6, 6.07) is 17.6. The molecule has 4 rings (SSSR count). The fraction of sp³-hybridized carbons (Fsp3) is 0.238. The van der Waals surface area contributed by atoms with E-state index in [2.05, 4.69) is 63.8 Å². The lowest BCUT2D eigenvalue weighted by atomic mass is 9.88. The van der Waals surface area contributed by atoms with Gasteiger partial charge in [-0.2, -0.15) is 0 Å². The highest BCUT2D eigenvalue weighted by Crippen LogP contribution is 2.30. The molecule has 1 aromatic heterocycles. The van der Waals surface area contributed by atoms with Gasteiger partial charge in [-0.15, -0.1) is 0 Å². The van der Waals surface area contributed by atoms with Crippen LogP contribution in [-0.4, -0.2) is 16.5 Å². The Morgan fingerprint density at radius 1 is 1.12 bits per heavy atom. The van der Waals surface area contributed by atoms with Gasteiger partial charge in [-0.1, -0.05) is 48.5 Å². The quantitative estimate of drug-likeness (QED) is 0.772. The molecule has 126 valence electrons. The zero-order valence-electron chi connectivity index (χ0n) is 14.4. The van der Waals surface area contributed by atoms with Gasteiger partial charge in [0, 0.05) is 17.8 Å². The predicted molar refractivity (Wildman–Crippen MR) is 101 cm³/mol. The van der Waals surface area contributed by atoms with E-state index >= 15 is 0 Å². The van der Waals surface area contributed by atoms with Crippen LogP contribution in [0.15, 0.2) is 54.7 Å². The van der Waals surface area contributed by atoms with Crippen LogP contribution in [0.3, 0.4) is 0 Å². The van der Waals surface area contributed by atoms with Gasteiger partial charge in [-0.05, 0) is 48.6 Å². The number of aryl methyl sites for hydroxylation is 1. The molecule has 0 spiro atoms. The van der Waals surface area contributed by atoms with E-state index in [0.29, 0.717) is 11.6 Å². The van der Waals surface area contributed by atoms with Crippen LogP contribution in [0, 0.1) is 6.92 Å². The van der Waals surface area contributed by atoms with Crippen LogP contribution < -0.4 is 11.1 Å². The molecule has 25 heavy (non-hydrogen) atoms. The topological polar surface area (TPSA) is 63.8 Å². The molecule has 0 bridgehead atoms. The number of nitrogen functional groups attached to an aromatic ring is 1. The molecule has 0 fully saturated rings. The number of rotatable bonds is 3. The number of aromatic nitrogens is 2. The van der Waals surface area contributed by atoms with E-state index in [1.165, 1.54) is 22.3 Å². The van der Waals surface area contributed by atoms with Crippen molar-refractivity contribution in [2.24, 2.45) is 0 Å². The molecule has 0 radical (unpaired) electrons. The average Bonchev–Trinajstić information content (AvgIpc) is 2.64. The average molecular weight is 330 g/mol. The maximum atomic E-state index is 6.08. The lowest BCUT2D eigenvalue weighted by molar-refractivity contribution is 0.502. The van der Waals surface area contributed by atoms with E-state index in [1.807, 2.05) is 13.1 Å². The monoisotopic (exact) mass is 330 g/mol. The molecule has 0 saturated heterocycles. The van der Waals surface area contributed by atoms with Crippen LogP contribution in [0.2, 0.25) is 0 Å². The summed E-state index contributed by atoms with van der Waals surface area (Å²) in [7, 11) is 0. The molecule has 2 aromatic carbocycles. The van der Waals surface area contributed by atoms with Crippen molar-refractivity contribution >= 4 is 5.82 Å². The zero-order valence-corrected chi connectivity index (χ0v) is 14.4. The first-order valence-corrected chi connectivity index (χ1v) is 8.70. The Kier molecular flexibility index (Phi) is 4.20. The van der Waals surface area contributed by atoms with Crippen molar-refractivity contribution in [2.45, 2.75) is 25.8 Å². The fourth-order valence-electron chi connectivity index (χ4n) is 3.54. The first-order chi connectivity index (χ1) is 12.2. The van der Waals surface area contributed by atoms with E-state index in [-0.39, 0.29) is 6.04 Å². The zero-order chi connectivity index (χ0) is 17.2. The second-order valence-electron chi connectivity index (χ2n) is 6.57. The number of hydrogen-bond donors (Lipinski definition) is 2. The summed E-state index contributed by atoms with van der Waals surface area (Å²) in [5, 5.41) is 3.61. The number of benzene rings is 2. The van der Waals surface area contributed by atoms with Gasteiger partial charge < -0.3 is 11.1 Å². The smallest absolute Gasteiger partial charge is 0.130 e. The van der Waals surface area contributed by atoms with Crippen LogP contribution in [0.1, 0.15) is 28.6 Å². The maximum absolute atomic E-state index is 6.08. The molecule has 3 N–H and O–H groups in total. The summed E-state index contributed by atoms with van der Waals surface area (Å²) in [5.74, 6) is 1.30. The van der Waals surface area contributed by atoms with E-state index in [0.717, 1.165) is 24.9 Å². The number of fused-ring (bicyclic) bond motifs is 1. The lowest BCUT2D eigenvalue weighted by Gasteiger charge is -2.28. The highest BCUT2D eigenvalue weighted by Gasteiger charge is 2.21. The minimum atomic E-state index is 0.252. The first kappa shape index (κ1) is 15.8. The van der Waals surface area contributed by atoms with Crippen LogP contribution in [-0.2, 0) is 12.8 Å². The predicted octanol–water partition coefficient (Wildman–Crippen LogP) is 3.46. The third kappa shape index (κ3) is 3.26. The molecule has 4 heteroatoms. The van der Waals surface area contributed by atoms with E-state index in [9.17, 15) is 0 Å². The third-order valence-corrected chi connectivity index (χ3v) is 4.85. The summed E-state index contributed by atoms with van der Waals surface area (Å²) in [4.78, 5) is 8.58. The Hall–Kier alpha value is -2.72. The molecule has 1 unspecified atom stereocenters. The van der Waals surface area contributed by atoms with Crippen molar-refractivity contribution in [1.29, 1.82) is 0 Å². The lowest BCUT2D eigenvalue weighted by Crippen LogP contribution is -2.31. The Morgan fingerprint density at radius 3 is 2.76 bits per heavy atom. The number of anilines is 1. The number of nitrogens with zero attached hydrogens (tertiary/aromatic N) is 2. The molecular formula is C21H22N4. The Bertz CT molecular complexity index is 890. The Morgan fingerprint density at radius 2 is 1.96 bits per heavy atom. The first-order valence-electron chi connectivity index (χ1n) is 8.70. The molecule has 0 amide bonds. The molecule has 3 aromatic rings. The van der Waals surface area contributed by atoms with Gasteiger partial charge in [0.2, 0.25) is 0 Å². The van der Waals surface area contributed by atoms with Crippen molar-refractivity contribution in [1.82, 2.24) is 15.3 Å². The SMILES string of the molecule is Cc1ncc(CC2NCCc3cc(-c4ccccc4)ccc32)c(N)n1. The summed E-state index contributed by atoms with van der Waals surface area (Å²) < 4.78 is 0. The van der Waals surface area contributed by atoms with Gasteiger partial charge >= 0.3 is 0 Å². The van der Waals surface area contributed by atoms with Gasteiger partial charge in [-0.25, -0.2) is 9.97 Å². The number of hydrogen-bond acceptors (Lipinski definition) is 4. The van der Waals surface area contributed by atoms with Gasteiger partial charge in [0.05, 0.1) is 0 Å². The highest BCUT2D eigenvalue weighted by atomic mass is 15.0. The minimum absolute atomic E-state index is 0.252. The van der Waals surface area contributed by atoms with Crippen LogP contribution in [0.4, 0.5) is 5.82 Å². The third-order valence-electron chi connectivity index (χ3n) is 4.85. The van der Waals surface area contributed by atoms with E-state index in [1.54, 1.807) is 0 Å². The van der Waals surface area contributed by atoms with Gasteiger partial charge in [-0.3, -0.25) is 0 Å². The summed E-state index contributed by atoms with van der Waals surface area (Å²) in [6.45, 7) is 2.84. The van der Waals surface area contributed by atoms with Gasteiger partial charge in [0.25, 0.3) is 0 Å². The largest absolute Gasteiger partial charge is 0.383 e. The summed E-state index contributed by atoms with van der Waals surface area (Å²) in [6.07, 6.45) is 3.71. The Balaban J connectivity index is 1.64. The second-order valence-corrected chi connectivity index (χ2v) is 6.57. The van der Waals surface area contributed by atoms with Crippen molar-refractivity contribution < 1.29 is 0 Å². The van der Waals surface area contributed by atoms with E-state index < -0.39 is 0 Å².